The van der Waals surface area contributed by atoms with E-state index in [0.29, 0.717) is 6.92 Å². The number of hydrogen-bond acceptors (Lipinski definition) is 4. The summed E-state index contributed by atoms with van der Waals surface area (Å²) >= 11 is 0. The van der Waals surface area contributed by atoms with Crippen molar-refractivity contribution in [3.05, 3.63) is 59.7 Å². The maximum Gasteiger partial charge on any atom is 0.420 e. The van der Waals surface area contributed by atoms with Crippen LogP contribution in [0, 0.1) is 5.92 Å². The Balaban J connectivity index is 1.76. The highest BCUT2D eigenvalue weighted by Crippen LogP contribution is 2.44. The number of fused-ring (bicyclic) bond motifs is 3. The summed E-state index contributed by atoms with van der Waals surface area (Å²) in [7, 11) is 0. The molecule has 0 spiro atoms. The molecule has 10 heteroatoms. The second-order valence-corrected chi connectivity index (χ2v) is 8.61. The van der Waals surface area contributed by atoms with Crippen molar-refractivity contribution >= 4 is 18.0 Å². The molecule has 1 unspecified atom stereocenters. The molecule has 182 valence electrons. The third-order valence-electron chi connectivity index (χ3n) is 5.94. The van der Waals surface area contributed by atoms with Crippen LogP contribution < -0.4 is 10.6 Å². The van der Waals surface area contributed by atoms with Crippen LogP contribution in [0.15, 0.2) is 48.5 Å². The predicted molar refractivity (Wildman–Crippen MR) is 117 cm³/mol. The van der Waals surface area contributed by atoms with Gasteiger partial charge >= 0.3 is 18.2 Å². The zero-order valence-electron chi connectivity index (χ0n) is 18.8. The molecule has 3 rings (SSSR count). The van der Waals surface area contributed by atoms with E-state index in [4.69, 9.17) is 4.74 Å². The zero-order chi connectivity index (χ0) is 25.3. The van der Waals surface area contributed by atoms with Crippen molar-refractivity contribution in [3.63, 3.8) is 0 Å². The van der Waals surface area contributed by atoms with Crippen molar-refractivity contribution in [3.8, 4) is 11.1 Å². The van der Waals surface area contributed by atoms with E-state index < -0.39 is 41.6 Å². The van der Waals surface area contributed by atoms with Gasteiger partial charge in [0.1, 0.15) is 12.6 Å². The quantitative estimate of drug-likeness (QED) is 0.557. The Morgan fingerprint density at radius 2 is 1.50 bits per heavy atom. The molecule has 0 radical (unpaired) electrons. The molecule has 0 bridgehead atoms. The van der Waals surface area contributed by atoms with E-state index >= 15 is 0 Å². The maximum absolute atomic E-state index is 13.8. The molecule has 1 aliphatic rings. The summed E-state index contributed by atoms with van der Waals surface area (Å²) in [6, 6.07) is 13.3. The molecule has 0 aliphatic heterocycles. The van der Waals surface area contributed by atoms with Crippen molar-refractivity contribution in [2.45, 2.75) is 44.4 Å². The zero-order valence-corrected chi connectivity index (χ0v) is 18.8. The highest BCUT2D eigenvalue weighted by molar-refractivity contribution is 5.93. The van der Waals surface area contributed by atoms with Crippen LogP contribution in [0.25, 0.3) is 11.1 Å². The monoisotopic (exact) mass is 478 g/mol. The molecule has 2 atom stereocenters. The Hall–Kier alpha value is -3.56. The minimum atomic E-state index is -5.22. The number of carboxylic acid groups (broad SMARTS) is 1. The van der Waals surface area contributed by atoms with E-state index in [9.17, 15) is 32.7 Å². The molecule has 7 nitrogen and oxygen atoms in total. The van der Waals surface area contributed by atoms with Crippen LogP contribution in [0.2, 0.25) is 0 Å². The number of alkyl carbamates (subject to hydrolysis) is 1. The average molecular weight is 478 g/mol. The fourth-order valence-corrected chi connectivity index (χ4v) is 3.89. The average Bonchev–Trinajstić information content (AvgIpc) is 3.08. The highest BCUT2D eigenvalue weighted by Gasteiger charge is 2.59. The Kier molecular flexibility index (Phi) is 6.90. The number of halogens is 3. The first-order valence-electron chi connectivity index (χ1n) is 10.6. The van der Waals surface area contributed by atoms with Crippen molar-refractivity contribution in [2.24, 2.45) is 5.92 Å². The second-order valence-electron chi connectivity index (χ2n) is 8.61. The molecule has 34 heavy (non-hydrogen) atoms. The Morgan fingerprint density at radius 1 is 1.00 bits per heavy atom. The first kappa shape index (κ1) is 25.1. The number of amides is 2. The number of carbonyl (C=O) groups excluding carboxylic acids is 2. The first-order chi connectivity index (χ1) is 15.9. The highest BCUT2D eigenvalue weighted by atomic mass is 19.4. The number of ether oxygens (including phenoxy) is 1. The molecule has 2 amide bonds. The molecular formula is C24H25F3N2O5. The van der Waals surface area contributed by atoms with Gasteiger partial charge in [0, 0.05) is 5.92 Å². The smallest absolute Gasteiger partial charge is 0.420 e. The number of hydrogen-bond donors (Lipinski definition) is 3. The largest absolute Gasteiger partial charge is 0.480 e. The van der Waals surface area contributed by atoms with Gasteiger partial charge in [0.05, 0.1) is 0 Å². The Bertz CT molecular complexity index is 1060. The van der Waals surface area contributed by atoms with Crippen LogP contribution in [0.4, 0.5) is 18.0 Å². The van der Waals surface area contributed by atoms with E-state index in [1.807, 2.05) is 53.8 Å². The molecule has 0 saturated carbocycles. The lowest BCUT2D eigenvalue weighted by Gasteiger charge is -2.33. The lowest BCUT2D eigenvalue weighted by Crippen LogP contribution is -2.67. The van der Waals surface area contributed by atoms with Crippen LogP contribution in [0.1, 0.15) is 37.8 Å². The number of benzene rings is 2. The lowest BCUT2D eigenvalue weighted by atomic mass is 9.97. The second kappa shape index (κ2) is 9.36. The Morgan fingerprint density at radius 3 is 1.94 bits per heavy atom. The number of aliphatic carboxylic acids is 1. The molecule has 3 N–H and O–H groups in total. The summed E-state index contributed by atoms with van der Waals surface area (Å²) in [4.78, 5) is 36.2. The molecule has 0 saturated heterocycles. The summed E-state index contributed by atoms with van der Waals surface area (Å²) in [5.41, 5.74) is 0.223. The molecule has 2 aromatic carbocycles. The van der Waals surface area contributed by atoms with E-state index in [0.717, 1.165) is 22.3 Å². The van der Waals surface area contributed by atoms with Crippen LogP contribution in [-0.4, -0.2) is 47.4 Å². The van der Waals surface area contributed by atoms with Gasteiger partial charge in [-0.25, -0.2) is 9.59 Å². The topological polar surface area (TPSA) is 105 Å². The van der Waals surface area contributed by atoms with Crippen LogP contribution >= 0.6 is 0 Å². The van der Waals surface area contributed by atoms with Gasteiger partial charge in [0.2, 0.25) is 5.54 Å². The predicted octanol–water partition coefficient (Wildman–Crippen LogP) is 4.07. The molecular weight excluding hydrogens is 453 g/mol. The normalized spacial score (nSPS) is 15.6. The Labute approximate surface area is 194 Å². The summed E-state index contributed by atoms with van der Waals surface area (Å²) in [6.07, 6.45) is -6.67. The molecule has 2 aromatic rings. The van der Waals surface area contributed by atoms with Gasteiger partial charge in [-0.1, -0.05) is 62.4 Å². The van der Waals surface area contributed by atoms with Crippen molar-refractivity contribution in [1.29, 1.82) is 0 Å². The number of carboxylic acids is 1. The summed E-state index contributed by atoms with van der Waals surface area (Å²) < 4.78 is 46.6. The van der Waals surface area contributed by atoms with Gasteiger partial charge in [-0.3, -0.25) is 10.1 Å². The van der Waals surface area contributed by atoms with Crippen molar-refractivity contribution in [2.75, 3.05) is 6.61 Å². The van der Waals surface area contributed by atoms with E-state index in [1.54, 1.807) is 5.32 Å². The molecule has 1 aliphatic carbocycles. The van der Waals surface area contributed by atoms with Crippen LogP contribution in [-0.2, 0) is 14.3 Å². The first-order valence-corrected chi connectivity index (χ1v) is 10.6. The molecule has 0 aromatic heterocycles. The van der Waals surface area contributed by atoms with Gasteiger partial charge in [0.25, 0.3) is 5.91 Å². The third-order valence-corrected chi connectivity index (χ3v) is 5.94. The van der Waals surface area contributed by atoms with Crippen LogP contribution in [0.3, 0.4) is 0 Å². The summed E-state index contributed by atoms with van der Waals surface area (Å²) in [5, 5.41) is 12.7. The SMILES string of the molecule is CC(C)[C@H](NC(=O)C(C)(NC(=O)OCC1c2ccccc2-c2ccccc21)C(F)(F)F)C(=O)O. The summed E-state index contributed by atoms with van der Waals surface area (Å²) in [6.45, 7) is 3.08. The van der Waals surface area contributed by atoms with Gasteiger partial charge in [-0.2, -0.15) is 13.2 Å². The fourth-order valence-electron chi connectivity index (χ4n) is 3.89. The lowest BCUT2D eigenvalue weighted by molar-refractivity contribution is -0.195. The summed E-state index contributed by atoms with van der Waals surface area (Å²) in [5.74, 6) is -4.27. The van der Waals surface area contributed by atoms with E-state index in [-0.39, 0.29) is 12.5 Å². The van der Waals surface area contributed by atoms with Crippen molar-refractivity contribution < 1.29 is 37.4 Å². The minimum Gasteiger partial charge on any atom is -0.480 e. The third kappa shape index (κ3) is 4.71. The maximum atomic E-state index is 13.8. The standard InChI is InChI=1S/C24H25F3N2O5/c1-13(2)19(20(30)31)28-21(32)23(3,24(25,26)27)29-22(33)34-12-18-16-10-6-4-8-14(16)15-9-5-7-11-17(15)18/h4-11,13,18-19H,12H2,1-3H3,(H,28,32)(H,29,33)(H,30,31)/t19-,23?/m0/s1. The van der Waals surface area contributed by atoms with E-state index in [2.05, 4.69) is 0 Å². The number of nitrogens with one attached hydrogen (secondary N) is 2. The van der Waals surface area contributed by atoms with Gasteiger partial charge in [-0.05, 0) is 35.1 Å². The number of carbonyl (C=O) groups is 3. The number of rotatable bonds is 7. The van der Waals surface area contributed by atoms with Crippen molar-refractivity contribution in [1.82, 2.24) is 10.6 Å². The minimum absolute atomic E-state index is 0.251. The van der Waals surface area contributed by atoms with Gasteiger partial charge in [-0.15, -0.1) is 0 Å². The number of alkyl halides is 3. The van der Waals surface area contributed by atoms with E-state index in [1.165, 1.54) is 13.8 Å². The van der Waals surface area contributed by atoms with Crippen LogP contribution in [0.5, 0.6) is 0 Å². The molecule has 0 fully saturated rings. The fraction of sp³-hybridized carbons (Fsp3) is 0.375. The van der Waals surface area contributed by atoms with Gasteiger partial charge < -0.3 is 15.2 Å². The van der Waals surface area contributed by atoms with Gasteiger partial charge in [0.15, 0.2) is 0 Å². The molecule has 0 heterocycles.